The molecule has 0 nitrogen and oxygen atoms in total. The van der Waals surface area contributed by atoms with Crippen LogP contribution in [0, 0.1) is 13.8 Å². The van der Waals surface area contributed by atoms with Crippen LogP contribution in [0.25, 0.3) is 0 Å². The molecule has 0 N–H and O–H groups in total. The molecule has 1 aromatic rings. The molecular weight excluding hydrogens is 243 g/mol. The van der Waals surface area contributed by atoms with Crippen LogP contribution in [-0.2, 0) is 3.96 Å². The summed E-state index contributed by atoms with van der Waals surface area (Å²) >= 11 is 18.2. The average Bonchev–Trinajstić information content (AvgIpc) is 1.98. The second-order valence-corrected chi connectivity index (χ2v) is 8.11. The molecule has 1 rings (SSSR count). The minimum Gasteiger partial charge on any atom is -0.102 e. The van der Waals surface area contributed by atoms with Crippen molar-refractivity contribution in [3.05, 3.63) is 33.8 Å². The Morgan fingerprint density at radius 2 is 1.77 bits per heavy atom. The third kappa shape index (κ3) is 2.41. The first-order valence-corrected chi connectivity index (χ1v) is 6.11. The quantitative estimate of drug-likeness (QED) is 0.533. The predicted molar refractivity (Wildman–Crippen MR) is 64.2 cm³/mol. The van der Waals surface area contributed by atoms with Gasteiger partial charge in [0.05, 0.1) is 10.2 Å². The van der Waals surface area contributed by atoms with E-state index in [4.69, 9.17) is 34.8 Å². The van der Waals surface area contributed by atoms with Gasteiger partial charge in [-0.3, -0.25) is 0 Å². The van der Waals surface area contributed by atoms with Gasteiger partial charge in [-0.1, -0.05) is 23.7 Å². The molecule has 0 aliphatic carbocycles. The van der Waals surface area contributed by atoms with Gasteiger partial charge in [-0.2, -0.15) is 0 Å². The highest BCUT2D eigenvalue weighted by atomic mass is 35.5. The fourth-order valence-corrected chi connectivity index (χ4v) is 2.51. The number of hydrogen-bond donors (Lipinski definition) is 0. The molecule has 0 radical (unpaired) electrons. The van der Waals surface area contributed by atoms with Crippen molar-refractivity contribution in [2.75, 3.05) is 0 Å². The Morgan fingerprint density at radius 3 is 2.23 bits per heavy atom. The number of benzene rings is 1. The molecule has 0 atom stereocenters. The zero-order valence-corrected chi connectivity index (χ0v) is 12.1. The summed E-state index contributed by atoms with van der Waals surface area (Å²) in [6.45, 7) is 3.99. The van der Waals surface area contributed by atoms with E-state index in [2.05, 4.69) is 0 Å². The molecule has 0 spiro atoms. The zero-order chi connectivity index (χ0) is 10.2. The first kappa shape index (κ1) is 11.4. The van der Waals surface area contributed by atoms with Crippen LogP contribution in [0.1, 0.15) is 16.7 Å². The molecule has 0 bridgehead atoms. The molecule has 0 saturated heterocycles. The third-order valence-electron chi connectivity index (χ3n) is 2.13. The number of rotatable bonds is 1. The number of aryl methyl sites for hydroxylation is 1. The molecule has 4 heteroatoms. The van der Waals surface area contributed by atoms with Gasteiger partial charge in [0.15, 0.2) is 0 Å². The lowest BCUT2D eigenvalue weighted by Gasteiger charge is -2.17. The maximum absolute atomic E-state index is 6.14. The second-order valence-electron chi connectivity index (χ2n) is 3.26. The first-order chi connectivity index (χ1) is 5.84. The first-order valence-electron chi connectivity index (χ1n) is 3.98. The molecule has 0 unspecified atom stereocenters. The summed E-state index contributed by atoms with van der Waals surface area (Å²) in [4.78, 5) is 0. The van der Waals surface area contributed by atoms with Crippen LogP contribution in [0.3, 0.4) is 0 Å². The van der Waals surface area contributed by atoms with Crippen LogP contribution in [0.2, 0.25) is 5.02 Å². The number of hydrogen-bond acceptors (Lipinski definition) is 0. The van der Waals surface area contributed by atoms with E-state index >= 15 is 0 Å². The van der Waals surface area contributed by atoms with Crippen molar-refractivity contribution in [1.82, 2.24) is 0 Å². The van der Waals surface area contributed by atoms with Gasteiger partial charge >= 0.3 is 0 Å². The van der Waals surface area contributed by atoms with Gasteiger partial charge < -0.3 is 0 Å². The van der Waals surface area contributed by atoms with E-state index in [9.17, 15) is 0 Å². The molecule has 0 fully saturated rings. The Kier molecular flexibility index (Phi) is 3.34. The highest BCUT2D eigenvalue weighted by Gasteiger charge is 2.23. The van der Waals surface area contributed by atoms with Gasteiger partial charge in [0.25, 0.3) is 0 Å². The SMILES string of the molecule is Cc1ccc(C([SiH3])(Cl)Cl)c(Cl)c1C. The zero-order valence-electron chi connectivity index (χ0n) is 7.79. The van der Waals surface area contributed by atoms with Gasteiger partial charge in [-0.15, -0.1) is 23.2 Å². The van der Waals surface area contributed by atoms with Crippen molar-refractivity contribution in [2.24, 2.45) is 0 Å². The minimum atomic E-state index is -0.782. The molecule has 0 aliphatic rings. The van der Waals surface area contributed by atoms with Crippen LogP contribution < -0.4 is 0 Å². The maximum Gasteiger partial charge on any atom is 0.122 e. The van der Waals surface area contributed by atoms with E-state index in [1.807, 2.05) is 26.0 Å². The lowest BCUT2D eigenvalue weighted by molar-refractivity contribution is 1.20. The molecule has 0 heterocycles. The second kappa shape index (κ2) is 3.82. The molecule has 72 valence electrons. The summed E-state index contributed by atoms with van der Waals surface area (Å²) in [5.41, 5.74) is 3.04. The summed E-state index contributed by atoms with van der Waals surface area (Å²) in [7, 11) is 0.656. The predicted octanol–water partition coefficient (Wildman–Crippen LogP) is 2.91. The van der Waals surface area contributed by atoms with Gasteiger partial charge in [-0.25, -0.2) is 0 Å². The van der Waals surface area contributed by atoms with Crippen molar-refractivity contribution < 1.29 is 0 Å². The van der Waals surface area contributed by atoms with E-state index in [1.54, 1.807) is 0 Å². The van der Waals surface area contributed by atoms with E-state index in [1.165, 1.54) is 0 Å². The minimum absolute atomic E-state index is 0.656. The maximum atomic E-state index is 6.14. The Bertz CT molecular complexity index is 328. The summed E-state index contributed by atoms with van der Waals surface area (Å²) in [5.74, 6) is 0. The van der Waals surface area contributed by atoms with Crippen molar-refractivity contribution in [2.45, 2.75) is 17.8 Å². The summed E-state index contributed by atoms with van der Waals surface area (Å²) in [5, 5.41) is 0.694. The lowest BCUT2D eigenvalue weighted by Crippen LogP contribution is -2.11. The van der Waals surface area contributed by atoms with Gasteiger partial charge in [0, 0.05) is 10.6 Å². The molecule has 1 aromatic carbocycles. The molecule has 0 aliphatic heterocycles. The van der Waals surface area contributed by atoms with Crippen LogP contribution in [-0.4, -0.2) is 10.2 Å². The van der Waals surface area contributed by atoms with E-state index < -0.39 is 3.96 Å². The molecule has 0 aromatic heterocycles. The molecule has 0 saturated carbocycles. The van der Waals surface area contributed by atoms with Gasteiger partial charge in [-0.05, 0) is 25.0 Å². The van der Waals surface area contributed by atoms with Crippen molar-refractivity contribution in [3.63, 3.8) is 0 Å². The van der Waals surface area contributed by atoms with Gasteiger partial charge in [0.2, 0.25) is 0 Å². The number of halogens is 3. The third-order valence-corrected chi connectivity index (χ3v) is 3.56. The average molecular weight is 254 g/mol. The highest BCUT2D eigenvalue weighted by Crippen LogP contribution is 2.37. The summed E-state index contributed by atoms with van der Waals surface area (Å²) in [6, 6.07) is 3.89. The fraction of sp³-hybridized carbons (Fsp3) is 0.333. The fourth-order valence-electron chi connectivity index (χ4n) is 1.12. The topological polar surface area (TPSA) is 0 Å². The van der Waals surface area contributed by atoms with E-state index in [0.717, 1.165) is 16.7 Å². The molecular formula is C9H11Cl3Si. The van der Waals surface area contributed by atoms with Crippen molar-refractivity contribution in [1.29, 1.82) is 0 Å². The van der Waals surface area contributed by atoms with Crippen LogP contribution in [0.15, 0.2) is 12.1 Å². The van der Waals surface area contributed by atoms with E-state index in [0.29, 0.717) is 15.3 Å². The Morgan fingerprint density at radius 1 is 1.23 bits per heavy atom. The molecule has 13 heavy (non-hydrogen) atoms. The summed E-state index contributed by atoms with van der Waals surface area (Å²) < 4.78 is -0.782. The number of alkyl halides is 2. The van der Waals surface area contributed by atoms with Crippen LogP contribution in [0.4, 0.5) is 0 Å². The van der Waals surface area contributed by atoms with Crippen LogP contribution in [0.5, 0.6) is 0 Å². The van der Waals surface area contributed by atoms with Gasteiger partial charge in [0.1, 0.15) is 3.96 Å². The molecule has 0 amide bonds. The normalized spacial score (nSPS) is 12.1. The smallest absolute Gasteiger partial charge is 0.102 e. The Hall–Kier alpha value is 0.307. The largest absolute Gasteiger partial charge is 0.122 e. The van der Waals surface area contributed by atoms with E-state index in [-0.39, 0.29) is 0 Å². The Balaban J connectivity index is 3.35. The van der Waals surface area contributed by atoms with Crippen molar-refractivity contribution in [3.8, 4) is 0 Å². The highest BCUT2D eigenvalue weighted by molar-refractivity contribution is 6.65. The summed E-state index contributed by atoms with van der Waals surface area (Å²) in [6.07, 6.45) is 0. The Labute approximate surface area is 96.6 Å². The van der Waals surface area contributed by atoms with Crippen LogP contribution >= 0.6 is 34.8 Å². The van der Waals surface area contributed by atoms with Crippen molar-refractivity contribution >= 4 is 45.0 Å². The lowest BCUT2D eigenvalue weighted by atomic mass is 10.1. The standard InChI is InChI=1S/C9H11Cl3Si/c1-5-3-4-7(9(11,12)13)8(10)6(5)2/h3-4H,1-2,13H3. The monoisotopic (exact) mass is 252 g/mol.